The topological polar surface area (TPSA) is 89.7 Å². The molecule has 1 amide bonds. The normalized spacial score (nSPS) is 17.7. The van der Waals surface area contributed by atoms with Gasteiger partial charge in [0.25, 0.3) is 15.9 Å². The molecule has 2 aromatic rings. The van der Waals surface area contributed by atoms with Gasteiger partial charge < -0.3 is 10.5 Å². The van der Waals surface area contributed by atoms with Gasteiger partial charge in [0.05, 0.1) is 16.0 Å². The molecule has 0 spiro atoms. The van der Waals surface area contributed by atoms with Gasteiger partial charge in [0.15, 0.2) is 6.10 Å². The van der Waals surface area contributed by atoms with Crippen LogP contribution in [0.3, 0.4) is 0 Å². The van der Waals surface area contributed by atoms with Crippen LogP contribution in [0.4, 0.5) is 5.69 Å². The van der Waals surface area contributed by atoms with Crippen molar-refractivity contribution in [3.63, 3.8) is 0 Å². The third-order valence-corrected chi connectivity index (χ3v) is 7.02. The molecule has 0 radical (unpaired) electrons. The van der Waals surface area contributed by atoms with Crippen LogP contribution in [0.5, 0.6) is 5.75 Å². The van der Waals surface area contributed by atoms with E-state index in [4.69, 9.17) is 10.5 Å². The summed E-state index contributed by atoms with van der Waals surface area (Å²) in [6.07, 6.45) is -1.02. The van der Waals surface area contributed by atoms with Crippen molar-refractivity contribution in [1.29, 1.82) is 0 Å². The highest BCUT2D eigenvalue weighted by atomic mass is 79.9. The lowest BCUT2D eigenvalue weighted by atomic mass is 10.2. The Morgan fingerprint density at radius 3 is 2.68 bits per heavy atom. The molecule has 1 aliphatic heterocycles. The lowest BCUT2D eigenvalue weighted by Crippen LogP contribution is -2.49. The highest BCUT2D eigenvalue weighted by Gasteiger charge is 2.37. The fraction of sp³-hybridized carbons (Fsp3) is 0.154. The van der Waals surface area contributed by atoms with Gasteiger partial charge in [0, 0.05) is 0 Å². The summed E-state index contributed by atoms with van der Waals surface area (Å²) in [4.78, 5) is 11.4. The summed E-state index contributed by atoms with van der Waals surface area (Å²) in [6.45, 7) is -0.149. The number of nitrogens with zero attached hydrogens (tertiary/aromatic N) is 1. The van der Waals surface area contributed by atoms with Gasteiger partial charge in [0.2, 0.25) is 0 Å². The molecule has 1 aromatic heterocycles. The molecule has 6 nitrogen and oxygen atoms in total. The van der Waals surface area contributed by atoms with Gasteiger partial charge in [-0.05, 0) is 40.2 Å². The van der Waals surface area contributed by atoms with Gasteiger partial charge in [0.1, 0.15) is 9.96 Å². The number of amides is 1. The summed E-state index contributed by atoms with van der Waals surface area (Å²) in [5.74, 6) is -0.390. The molecule has 0 unspecified atom stereocenters. The molecule has 1 aliphatic rings. The van der Waals surface area contributed by atoms with Crippen molar-refractivity contribution in [1.82, 2.24) is 0 Å². The van der Waals surface area contributed by atoms with Crippen LogP contribution in [-0.2, 0) is 14.8 Å². The Balaban J connectivity index is 2.10. The van der Waals surface area contributed by atoms with Crippen LogP contribution in [0.1, 0.15) is 0 Å². The van der Waals surface area contributed by atoms with Crippen LogP contribution in [0, 0.1) is 0 Å². The number of fused-ring (bicyclic) bond motifs is 1. The number of anilines is 1. The van der Waals surface area contributed by atoms with Crippen molar-refractivity contribution in [2.75, 3.05) is 10.8 Å². The van der Waals surface area contributed by atoms with E-state index in [1.807, 2.05) is 0 Å². The van der Waals surface area contributed by atoms with E-state index >= 15 is 0 Å². The van der Waals surface area contributed by atoms with Gasteiger partial charge in [-0.15, -0.1) is 11.3 Å². The van der Waals surface area contributed by atoms with Gasteiger partial charge in [-0.3, -0.25) is 9.10 Å². The van der Waals surface area contributed by atoms with Crippen molar-refractivity contribution in [3.8, 4) is 5.75 Å². The first kappa shape index (κ1) is 15.3. The summed E-state index contributed by atoms with van der Waals surface area (Å²) < 4.78 is 33.2. The number of hydrogen-bond acceptors (Lipinski definition) is 5. The minimum absolute atomic E-state index is 0.149. The number of carbonyl (C=O) groups is 1. The summed E-state index contributed by atoms with van der Waals surface area (Å²) in [5.41, 5.74) is 5.68. The molecule has 0 aliphatic carbocycles. The Bertz CT molecular complexity index is 834. The smallest absolute Gasteiger partial charge is 0.274 e. The predicted octanol–water partition coefficient (Wildman–Crippen LogP) is 1.95. The SMILES string of the molecule is NC(=O)[C@@H]1CN(S(=O)(=O)c2ccc(Br)s2)c2ccccc2O1. The highest BCUT2D eigenvalue weighted by molar-refractivity contribution is 9.11. The van der Waals surface area contributed by atoms with E-state index in [1.54, 1.807) is 30.3 Å². The predicted molar refractivity (Wildman–Crippen MR) is 86.6 cm³/mol. The van der Waals surface area contributed by atoms with E-state index in [1.165, 1.54) is 10.4 Å². The first-order valence-corrected chi connectivity index (χ1v) is 9.27. The molecule has 0 bridgehead atoms. The maximum Gasteiger partial charge on any atom is 0.274 e. The number of para-hydroxylation sites is 2. The number of sulfonamides is 1. The molecule has 2 heterocycles. The zero-order chi connectivity index (χ0) is 15.9. The summed E-state index contributed by atoms with van der Waals surface area (Å²) in [7, 11) is -3.79. The maximum atomic E-state index is 12.8. The second-order valence-electron chi connectivity index (χ2n) is 4.57. The fourth-order valence-electron chi connectivity index (χ4n) is 2.12. The van der Waals surface area contributed by atoms with Crippen molar-refractivity contribution >= 4 is 48.9 Å². The summed E-state index contributed by atoms with van der Waals surface area (Å²) in [5, 5.41) is 0. The maximum absolute atomic E-state index is 12.8. The van der Waals surface area contributed by atoms with E-state index in [-0.39, 0.29) is 10.8 Å². The third-order valence-electron chi connectivity index (χ3n) is 3.15. The monoisotopic (exact) mass is 402 g/mol. The van der Waals surface area contributed by atoms with E-state index in [0.29, 0.717) is 15.2 Å². The quantitative estimate of drug-likeness (QED) is 0.849. The van der Waals surface area contributed by atoms with Crippen LogP contribution >= 0.6 is 27.3 Å². The largest absolute Gasteiger partial charge is 0.476 e. The van der Waals surface area contributed by atoms with Crippen LogP contribution < -0.4 is 14.8 Å². The van der Waals surface area contributed by atoms with E-state index in [0.717, 1.165) is 11.3 Å². The van der Waals surface area contributed by atoms with Crippen LogP contribution in [0.2, 0.25) is 0 Å². The number of thiophene rings is 1. The fourth-order valence-corrected chi connectivity index (χ4v) is 5.72. The Kier molecular flexibility index (Phi) is 3.87. The van der Waals surface area contributed by atoms with Crippen molar-refractivity contribution in [2.45, 2.75) is 10.3 Å². The molecule has 2 N–H and O–H groups in total. The molecule has 22 heavy (non-hydrogen) atoms. The molecule has 3 rings (SSSR count). The minimum Gasteiger partial charge on any atom is -0.476 e. The first-order chi connectivity index (χ1) is 10.4. The minimum atomic E-state index is -3.79. The molecule has 1 atom stereocenters. The number of benzene rings is 1. The number of ether oxygens (including phenoxy) is 1. The average Bonchev–Trinajstić information content (AvgIpc) is 2.93. The molecule has 1 aromatic carbocycles. The van der Waals surface area contributed by atoms with E-state index in [9.17, 15) is 13.2 Å². The van der Waals surface area contributed by atoms with Crippen LogP contribution in [-0.4, -0.2) is 27.0 Å². The van der Waals surface area contributed by atoms with Crippen molar-refractivity contribution in [2.24, 2.45) is 5.73 Å². The Hall–Kier alpha value is -1.58. The molecular weight excluding hydrogens is 392 g/mol. The average molecular weight is 403 g/mol. The molecule has 9 heteroatoms. The third kappa shape index (κ3) is 2.59. The Morgan fingerprint density at radius 1 is 1.32 bits per heavy atom. The second kappa shape index (κ2) is 5.56. The number of carbonyl (C=O) groups excluding carboxylic acids is 1. The van der Waals surface area contributed by atoms with Crippen molar-refractivity contribution < 1.29 is 17.9 Å². The lowest BCUT2D eigenvalue weighted by Gasteiger charge is -2.33. The number of rotatable bonds is 3. The molecular formula is C13H11BrN2O4S2. The van der Waals surface area contributed by atoms with Gasteiger partial charge in [-0.2, -0.15) is 0 Å². The molecule has 0 fully saturated rings. The number of nitrogens with two attached hydrogens (primary N) is 1. The number of halogens is 1. The van der Waals surface area contributed by atoms with Crippen LogP contribution in [0.15, 0.2) is 44.4 Å². The van der Waals surface area contributed by atoms with Gasteiger partial charge in [-0.25, -0.2) is 8.42 Å². The van der Waals surface area contributed by atoms with E-state index in [2.05, 4.69) is 15.9 Å². The zero-order valence-electron chi connectivity index (χ0n) is 11.1. The van der Waals surface area contributed by atoms with E-state index < -0.39 is 22.0 Å². The molecule has 116 valence electrons. The zero-order valence-corrected chi connectivity index (χ0v) is 14.3. The van der Waals surface area contributed by atoms with Gasteiger partial charge in [-0.1, -0.05) is 12.1 Å². The molecule has 0 saturated heterocycles. The number of primary amides is 1. The first-order valence-electron chi connectivity index (χ1n) is 6.22. The Labute approximate surface area is 139 Å². The second-order valence-corrected chi connectivity index (χ2v) is 9.12. The van der Waals surface area contributed by atoms with Crippen molar-refractivity contribution in [3.05, 3.63) is 40.2 Å². The van der Waals surface area contributed by atoms with Crippen LogP contribution in [0.25, 0.3) is 0 Å². The summed E-state index contributed by atoms with van der Waals surface area (Å²) in [6, 6.07) is 9.83. The Morgan fingerprint density at radius 2 is 2.05 bits per heavy atom. The number of hydrogen-bond donors (Lipinski definition) is 1. The molecule has 0 saturated carbocycles. The highest BCUT2D eigenvalue weighted by Crippen LogP contribution is 2.38. The van der Waals surface area contributed by atoms with Gasteiger partial charge >= 0.3 is 0 Å². The summed E-state index contributed by atoms with van der Waals surface area (Å²) >= 11 is 4.35. The standard InChI is InChI=1S/C13H11BrN2O4S2/c14-11-5-6-12(21-11)22(18,19)16-7-10(13(15)17)20-9-4-2-1-3-8(9)16/h1-6,10H,7H2,(H2,15,17)/t10-/m0/s1. The lowest BCUT2D eigenvalue weighted by molar-refractivity contribution is -0.124.